The maximum absolute atomic E-state index is 5.46. The largest absolute Gasteiger partial charge is 0.496 e. The normalized spacial score (nSPS) is 14.4. The highest BCUT2D eigenvalue weighted by Crippen LogP contribution is 2.36. The van der Waals surface area contributed by atoms with Gasteiger partial charge >= 0.3 is 0 Å². The first kappa shape index (κ1) is 14.8. The second-order valence-corrected chi connectivity index (χ2v) is 4.97. The van der Waals surface area contributed by atoms with Gasteiger partial charge < -0.3 is 14.8 Å². The van der Waals surface area contributed by atoms with Crippen LogP contribution in [0.25, 0.3) is 0 Å². The van der Waals surface area contributed by atoms with E-state index in [2.05, 4.69) is 33.0 Å². The van der Waals surface area contributed by atoms with Crippen LogP contribution in [-0.2, 0) is 0 Å². The average molecular weight is 251 g/mol. The minimum Gasteiger partial charge on any atom is -0.496 e. The summed E-state index contributed by atoms with van der Waals surface area (Å²) in [6.45, 7) is 8.70. The number of rotatable bonds is 6. The van der Waals surface area contributed by atoms with Crippen LogP contribution in [0.1, 0.15) is 39.2 Å². The lowest BCUT2D eigenvalue weighted by Gasteiger charge is -2.26. The molecule has 2 unspecified atom stereocenters. The quantitative estimate of drug-likeness (QED) is 0.842. The molecule has 1 aromatic carbocycles. The van der Waals surface area contributed by atoms with Crippen molar-refractivity contribution in [1.29, 1.82) is 0 Å². The fraction of sp³-hybridized carbons (Fsp3) is 0.600. The third-order valence-electron chi connectivity index (χ3n) is 3.27. The molecule has 0 heterocycles. The van der Waals surface area contributed by atoms with Gasteiger partial charge in [0.05, 0.1) is 14.2 Å². The van der Waals surface area contributed by atoms with Gasteiger partial charge in [0.2, 0.25) is 0 Å². The van der Waals surface area contributed by atoms with Crippen LogP contribution in [0.15, 0.2) is 18.2 Å². The molecule has 0 aromatic heterocycles. The van der Waals surface area contributed by atoms with E-state index in [4.69, 9.17) is 9.47 Å². The molecule has 0 amide bonds. The topological polar surface area (TPSA) is 30.5 Å². The predicted octanol–water partition coefficient (Wildman–Crippen LogP) is 3.19. The van der Waals surface area contributed by atoms with Crippen molar-refractivity contribution in [1.82, 2.24) is 5.32 Å². The molecule has 0 saturated carbocycles. The summed E-state index contributed by atoms with van der Waals surface area (Å²) in [5.41, 5.74) is 1.13. The first-order chi connectivity index (χ1) is 8.51. The van der Waals surface area contributed by atoms with Crippen molar-refractivity contribution in [2.75, 3.05) is 14.2 Å². The lowest BCUT2D eigenvalue weighted by molar-refractivity contribution is 0.364. The monoisotopic (exact) mass is 251 g/mol. The number of methoxy groups -OCH3 is 2. The van der Waals surface area contributed by atoms with Crippen LogP contribution in [0.4, 0.5) is 0 Å². The predicted molar refractivity (Wildman–Crippen MR) is 75.7 cm³/mol. The Morgan fingerprint density at radius 2 is 1.44 bits per heavy atom. The molecule has 1 rings (SSSR count). The third-order valence-corrected chi connectivity index (χ3v) is 3.27. The highest BCUT2D eigenvalue weighted by molar-refractivity contribution is 5.47. The molecule has 0 bridgehead atoms. The summed E-state index contributed by atoms with van der Waals surface area (Å²) in [6, 6.07) is 6.74. The van der Waals surface area contributed by atoms with E-state index in [1.807, 2.05) is 18.2 Å². The molecule has 2 atom stereocenters. The lowest BCUT2D eigenvalue weighted by atomic mass is 9.92. The summed E-state index contributed by atoms with van der Waals surface area (Å²) in [5, 5.41) is 3.53. The Bertz CT molecular complexity index is 355. The Hall–Kier alpha value is -1.22. The van der Waals surface area contributed by atoms with Crippen LogP contribution in [0.2, 0.25) is 0 Å². The molecule has 102 valence electrons. The van der Waals surface area contributed by atoms with Crippen molar-refractivity contribution < 1.29 is 9.47 Å². The molecule has 3 heteroatoms. The van der Waals surface area contributed by atoms with E-state index < -0.39 is 0 Å². The Morgan fingerprint density at radius 3 is 1.83 bits per heavy atom. The first-order valence-electron chi connectivity index (χ1n) is 6.48. The maximum Gasteiger partial charge on any atom is 0.126 e. The van der Waals surface area contributed by atoms with Gasteiger partial charge in [-0.05, 0) is 19.1 Å². The highest BCUT2D eigenvalue weighted by atomic mass is 16.5. The fourth-order valence-electron chi connectivity index (χ4n) is 2.25. The summed E-state index contributed by atoms with van der Waals surface area (Å²) >= 11 is 0. The lowest BCUT2D eigenvalue weighted by Crippen LogP contribution is -2.36. The van der Waals surface area contributed by atoms with Crippen LogP contribution < -0.4 is 14.8 Å². The number of hydrogen-bond acceptors (Lipinski definition) is 3. The average Bonchev–Trinajstić information content (AvgIpc) is 2.35. The molecular formula is C15H25NO2. The molecule has 18 heavy (non-hydrogen) atoms. The van der Waals surface area contributed by atoms with E-state index in [1.54, 1.807) is 14.2 Å². The van der Waals surface area contributed by atoms with Crippen molar-refractivity contribution in [3.05, 3.63) is 23.8 Å². The molecule has 0 aliphatic rings. The number of nitrogens with one attached hydrogen (secondary N) is 1. The summed E-state index contributed by atoms with van der Waals surface area (Å²) in [7, 11) is 3.40. The fourth-order valence-corrected chi connectivity index (χ4v) is 2.25. The molecular weight excluding hydrogens is 226 g/mol. The SMILES string of the molecule is COc1cccc(OC)c1C(C)C(C)NC(C)C. The van der Waals surface area contributed by atoms with Crippen molar-refractivity contribution in [3.8, 4) is 11.5 Å². The van der Waals surface area contributed by atoms with Crippen molar-refractivity contribution in [2.45, 2.75) is 45.7 Å². The zero-order chi connectivity index (χ0) is 13.7. The second-order valence-electron chi connectivity index (χ2n) is 4.97. The van der Waals surface area contributed by atoms with Gasteiger partial charge in [0.15, 0.2) is 0 Å². The zero-order valence-corrected chi connectivity index (χ0v) is 12.3. The smallest absolute Gasteiger partial charge is 0.126 e. The third kappa shape index (κ3) is 3.39. The number of benzene rings is 1. The minimum absolute atomic E-state index is 0.318. The van der Waals surface area contributed by atoms with Gasteiger partial charge in [-0.2, -0.15) is 0 Å². The van der Waals surface area contributed by atoms with Gasteiger partial charge in [-0.3, -0.25) is 0 Å². The Kier molecular flexibility index (Phi) is 5.48. The molecule has 0 aliphatic carbocycles. The van der Waals surface area contributed by atoms with Crippen LogP contribution >= 0.6 is 0 Å². The summed E-state index contributed by atoms with van der Waals surface area (Å²) in [5.74, 6) is 2.09. The van der Waals surface area contributed by atoms with Crippen molar-refractivity contribution in [2.24, 2.45) is 0 Å². The van der Waals surface area contributed by atoms with Crippen LogP contribution in [-0.4, -0.2) is 26.3 Å². The molecule has 0 fully saturated rings. The first-order valence-corrected chi connectivity index (χ1v) is 6.48. The molecule has 1 aromatic rings. The van der Waals surface area contributed by atoms with E-state index in [-0.39, 0.29) is 0 Å². The van der Waals surface area contributed by atoms with Crippen LogP contribution in [0, 0.1) is 0 Å². The summed E-state index contributed by atoms with van der Waals surface area (Å²) in [6.07, 6.45) is 0. The second kappa shape index (κ2) is 6.64. The van der Waals surface area contributed by atoms with Gasteiger partial charge in [-0.25, -0.2) is 0 Å². The van der Waals surface area contributed by atoms with E-state index in [0.717, 1.165) is 17.1 Å². The van der Waals surface area contributed by atoms with Gasteiger partial charge in [-0.1, -0.05) is 26.8 Å². The van der Waals surface area contributed by atoms with E-state index in [9.17, 15) is 0 Å². The zero-order valence-electron chi connectivity index (χ0n) is 12.3. The maximum atomic E-state index is 5.46. The Balaban J connectivity index is 3.06. The van der Waals surface area contributed by atoms with Crippen LogP contribution in [0.3, 0.4) is 0 Å². The number of ether oxygens (including phenoxy) is 2. The van der Waals surface area contributed by atoms with E-state index >= 15 is 0 Å². The Morgan fingerprint density at radius 1 is 0.944 bits per heavy atom. The molecule has 0 aliphatic heterocycles. The van der Waals surface area contributed by atoms with E-state index in [0.29, 0.717) is 18.0 Å². The number of hydrogen-bond donors (Lipinski definition) is 1. The molecule has 3 nitrogen and oxygen atoms in total. The summed E-state index contributed by atoms with van der Waals surface area (Å²) < 4.78 is 10.9. The van der Waals surface area contributed by atoms with Crippen molar-refractivity contribution in [3.63, 3.8) is 0 Å². The molecule has 0 radical (unpaired) electrons. The van der Waals surface area contributed by atoms with Gasteiger partial charge in [0.25, 0.3) is 0 Å². The standard InChI is InChI=1S/C15H25NO2/c1-10(2)16-12(4)11(3)15-13(17-5)8-7-9-14(15)18-6/h7-12,16H,1-6H3. The van der Waals surface area contributed by atoms with Gasteiger partial charge in [-0.15, -0.1) is 0 Å². The van der Waals surface area contributed by atoms with Crippen LogP contribution in [0.5, 0.6) is 11.5 Å². The minimum atomic E-state index is 0.318. The molecule has 0 spiro atoms. The summed E-state index contributed by atoms with van der Waals surface area (Å²) in [4.78, 5) is 0. The van der Waals surface area contributed by atoms with Crippen molar-refractivity contribution >= 4 is 0 Å². The van der Waals surface area contributed by atoms with Gasteiger partial charge in [0.1, 0.15) is 11.5 Å². The molecule has 0 saturated heterocycles. The Labute approximate surface area is 110 Å². The van der Waals surface area contributed by atoms with Gasteiger partial charge in [0, 0.05) is 23.6 Å². The molecule has 1 N–H and O–H groups in total. The van der Waals surface area contributed by atoms with E-state index in [1.165, 1.54) is 0 Å². The highest BCUT2D eigenvalue weighted by Gasteiger charge is 2.22.